The van der Waals surface area contributed by atoms with Crippen LogP contribution < -0.4 is 10.1 Å². The van der Waals surface area contributed by atoms with Crippen LogP contribution in [-0.2, 0) is 0 Å². The monoisotopic (exact) mass is 313 g/mol. The molecule has 0 aromatic heterocycles. The lowest BCUT2D eigenvalue weighted by molar-refractivity contribution is 0.102. The van der Waals surface area contributed by atoms with Crippen LogP contribution in [0.15, 0.2) is 36.4 Å². The lowest BCUT2D eigenvalue weighted by atomic mass is 10.2. The zero-order valence-corrected chi connectivity index (χ0v) is 11.9. The number of methoxy groups -OCH3 is 1. The Balaban J connectivity index is 2.25. The minimum Gasteiger partial charge on any atom is -0.497 e. The Morgan fingerprint density at radius 3 is 2.60 bits per heavy atom. The molecule has 0 unspecified atom stereocenters. The predicted molar refractivity (Wildman–Crippen MR) is 77.4 cm³/mol. The quantitative estimate of drug-likeness (QED) is 0.912. The van der Waals surface area contributed by atoms with E-state index >= 15 is 0 Å². The van der Waals surface area contributed by atoms with Crippen LogP contribution in [-0.4, -0.2) is 13.0 Å². The third-order valence-corrected chi connectivity index (χ3v) is 3.15. The number of carbonyl (C=O) groups is 1. The Labute approximate surface area is 125 Å². The Bertz CT molecular complexity index is 662. The maximum Gasteiger partial charge on any atom is 0.258 e. The van der Waals surface area contributed by atoms with E-state index in [1.54, 1.807) is 18.2 Å². The van der Waals surface area contributed by atoms with Gasteiger partial charge in [-0.15, -0.1) is 0 Å². The topological polar surface area (TPSA) is 38.3 Å². The lowest BCUT2D eigenvalue weighted by Crippen LogP contribution is -2.14. The van der Waals surface area contributed by atoms with Gasteiger partial charge < -0.3 is 10.1 Å². The fourth-order valence-electron chi connectivity index (χ4n) is 1.59. The zero-order valence-electron chi connectivity index (χ0n) is 10.4. The summed E-state index contributed by atoms with van der Waals surface area (Å²) < 4.78 is 18.6. The van der Waals surface area contributed by atoms with Gasteiger partial charge in [-0.25, -0.2) is 4.39 Å². The molecule has 0 aliphatic heterocycles. The standard InChI is InChI=1S/C14H10Cl2FNO2/c1-20-9-3-5-13(11(16)7-9)18-14(19)10-6-8(15)2-4-12(10)17/h2-7H,1H3,(H,18,19). The van der Waals surface area contributed by atoms with Gasteiger partial charge in [0.25, 0.3) is 5.91 Å². The summed E-state index contributed by atoms with van der Waals surface area (Å²) in [5.74, 6) is -0.726. The molecule has 0 fully saturated rings. The van der Waals surface area contributed by atoms with E-state index in [4.69, 9.17) is 27.9 Å². The Kier molecular flexibility index (Phi) is 4.47. The highest BCUT2D eigenvalue weighted by Crippen LogP contribution is 2.27. The molecule has 0 aliphatic rings. The van der Waals surface area contributed by atoms with Crippen molar-refractivity contribution in [2.24, 2.45) is 0 Å². The minimum atomic E-state index is -0.656. The van der Waals surface area contributed by atoms with Crippen molar-refractivity contribution in [2.75, 3.05) is 12.4 Å². The van der Waals surface area contributed by atoms with Gasteiger partial charge in [0.1, 0.15) is 11.6 Å². The zero-order chi connectivity index (χ0) is 14.7. The molecule has 1 amide bonds. The second-order valence-electron chi connectivity index (χ2n) is 3.92. The third-order valence-electron chi connectivity index (χ3n) is 2.60. The average molecular weight is 314 g/mol. The van der Waals surface area contributed by atoms with Crippen molar-refractivity contribution in [1.82, 2.24) is 0 Å². The summed E-state index contributed by atoms with van der Waals surface area (Å²) in [6, 6.07) is 8.51. The Hall–Kier alpha value is -1.78. The molecule has 0 aliphatic carbocycles. The SMILES string of the molecule is COc1ccc(NC(=O)c2cc(Cl)ccc2F)c(Cl)c1. The van der Waals surface area contributed by atoms with E-state index in [2.05, 4.69) is 5.32 Å². The molecule has 0 heterocycles. The Morgan fingerprint density at radius 2 is 1.95 bits per heavy atom. The summed E-state index contributed by atoms with van der Waals surface area (Å²) in [5, 5.41) is 3.09. The number of amides is 1. The molecule has 0 saturated carbocycles. The number of anilines is 1. The summed E-state index contributed by atoms with van der Waals surface area (Å²) in [6.07, 6.45) is 0. The summed E-state index contributed by atoms with van der Waals surface area (Å²) in [7, 11) is 1.51. The smallest absolute Gasteiger partial charge is 0.258 e. The first kappa shape index (κ1) is 14.6. The van der Waals surface area contributed by atoms with Gasteiger partial charge in [-0.05, 0) is 30.3 Å². The normalized spacial score (nSPS) is 10.2. The molecule has 0 atom stereocenters. The van der Waals surface area contributed by atoms with Gasteiger partial charge in [-0.2, -0.15) is 0 Å². The van der Waals surface area contributed by atoms with Crippen molar-refractivity contribution in [2.45, 2.75) is 0 Å². The highest BCUT2D eigenvalue weighted by Gasteiger charge is 2.14. The summed E-state index contributed by atoms with van der Waals surface area (Å²) >= 11 is 11.7. The first-order chi connectivity index (χ1) is 9.51. The molecular weight excluding hydrogens is 304 g/mol. The molecule has 1 N–H and O–H groups in total. The van der Waals surface area contributed by atoms with Crippen molar-refractivity contribution in [1.29, 1.82) is 0 Å². The first-order valence-electron chi connectivity index (χ1n) is 5.61. The number of hydrogen-bond donors (Lipinski definition) is 1. The molecule has 3 nitrogen and oxygen atoms in total. The van der Waals surface area contributed by atoms with Crippen LogP contribution in [0, 0.1) is 5.82 Å². The molecule has 0 radical (unpaired) electrons. The second-order valence-corrected chi connectivity index (χ2v) is 4.77. The van der Waals surface area contributed by atoms with Crippen LogP contribution in [0.4, 0.5) is 10.1 Å². The fraction of sp³-hybridized carbons (Fsp3) is 0.0714. The highest BCUT2D eigenvalue weighted by atomic mass is 35.5. The number of nitrogens with one attached hydrogen (secondary N) is 1. The summed E-state index contributed by atoms with van der Waals surface area (Å²) in [4.78, 5) is 12.0. The number of ether oxygens (including phenoxy) is 1. The van der Waals surface area contributed by atoms with Crippen LogP contribution in [0.2, 0.25) is 10.0 Å². The van der Waals surface area contributed by atoms with Gasteiger partial charge in [0, 0.05) is 11.1 Å². The van der Waals surface area contributed by atoms with Crippen molar-refractivity contribution in [3.05, 3.63) is 57.8 Å². The van der Waals surface area contributed by atoms with Gasteiger partial charge in [0.15, 0.2) is 0 Å². The molecule has 0 saturated heterocycles. The molecule has 2 rings (SSSR count). The maximum absolute atomic E-state index is 13.6. The summed E-state index contributed by atoms with van der Waals surface area (Å²) in [5.41, 5.74) is 0.209. The number of halogens is 3. The number of rotatable bonds is 3. The number of benzene rings is 2. The van der Waals surface area contributed by atoms with Crippen molar-refractivity contribution >= 4 is 34.8 Å². The van der Waals surface area contributed by atoms with Crippen molar-refractivity contribution in [3.63, 3.8) is 0 Å². The van der Waals surface area contributed by atoms with Crippen LogP contribution in [0.1, 0.15) is 10.4 Å². The fourth-order valence-corrected chi connectivity index (χ4v) is 1.98. The van der Waals surface area contributed by atoms with Crippen LogP contribution in [0.25, 0.3) is 0 Å². The van der Waals surface area contributed by atoms with Gasteiger partial charge in [-0.3, -0.25) is 4.79 Å². The largest absolute Gasteiger partial charge is 0.497 e. The number of hydrogen-bond acceptors (Lipinski definition) is 2. The third kappa shape index (κ3) is 3.21. The van der Waals surface area contributed by atoms with Crippen molar-refractivity contribution < 1.29 is 13.9 Å². The average Bonchev–Trinajstić information content (AvgIpc) is 2.43. The number of carbonyl (C=O) groups excluding carboxylic acids is 1. The van der Waals surface area contributed by atoms with E-state index in [0.717, 1.165) is 6.07 Å². The molecule has 0 bridgehead atoms. The molecule has 0 spiro atoms. The van der Waals surface area contributed by atoms with E-state index in [9.17, 15) is 9.18 Å². The van der Waals surface area contributed by atoms with E-state index in [0.29, 0.717) is 16.5 Å². The van der Waals surface area contributed by atoms with Crippen LogP contribution >= 0.6 is 23.2 Å². The van der Waals surface area contributed by atoms with Crippen molar-refractivity contribution in [3.8, 4) is 5.75 Å². The molecule has 2 aromatic rings. The van der Waals surface area contributed by atoms with E-state index in [1.165, 1.54) is 19.2 Å². The highest BCUT2D eigenvalue weighted by molar-refractivity contribution is 6.34. The lowest BCUT2D eigenvalue weighted by Gasteiger charge is -2.09. The van der Waals surface area contributed by atoms with Gasteiger partial charge >= 0.3 is 0 Å². The molecule has 20 heavy (non-hydrogen) atoms. The Morgan fingerprint density at radius 1 is 1.20 bits per heavy atom. The molecular formula is C14H10Cl2FNO2. The molecule has 6 heteroatoms. The van der Waals surface area contributed by atoms with Gasteiger partial charge in [-0.1, -0.05) is 23.2 Å². The van der Waals surface area contributed by atoms with Gasteiger partial charge in [0.05, 0.1) is 23.4 Å². The van der Waals surface area contributed by atoms with Gasteiger partial charge in [0.2, 0.25) is 0 Å². The van der Waals surface area contributed by atoms with E-state index in [-0.39, 0.29) is 10.6 Å². The maximum atomic E-state index is 13.6. The van der Waals surface area contributed by atoms with E-state index in [1.807, 2.05) is 0 Å². The minimum absolute atomic E-state index is 0.149. The second kappa shape index (κ2) is 6.11. The van der Waals surface area contributed by atoms with Crippen LogP contribution in [0.3, 0.4) is 0 Å². The molecule has 104 valence electrons. The predicted octanol–water partition coefficient (Wildman–Crippen LogP) is 4.39. The summed E-state index contributed by atoms with van der Waals surface area (Å²) in [6.45, 7) is 0. The first-order valence-corrected chi connectivity index (χ1v) is 6.37. The molecule has 2 aromatic carbocycles. The van der Waals surface area contributed by atoms with E-state index < -0.39 is 11.7 Å². The van der Waals surface area contributed by atoms with Crippen LogP contribution in [0.5, 0.6) is 5.75 Å².